The average molecular weight is 194 g/mol. The molecule has 0 saturated carbocycles. The van der Waals surface area contributed by atoms with Crippen LogP contribution in [-0.2, 0) is 8.85 Å². The Labute approximate surface area is 74.4 Å². The lowest BCUT2D eigenvalue weighted by molar-refractivity contribution is 0.0150. The van der Waals surface area contributed by atoms with E-state index in [1.807, 2.05) is 6.55 Å². The molecular formula is C7H18O4Si. The van der Waals surface area contributed by atoms with E-state index < -0.39 is 8.56 Å². The lowest BCUT2D eigenvalue weighted by Crippen LogP contribution is -2.39. The fourth-order valence-electron chi connectivity index (χ4n) is 0.957. The molecule has 0 aliphatic heterocycles. The van der Waals surface area contributed by atoms with Crippen molar-refractivity contribution in [2.45, 2.75) is 32.4 Å². The maximum Gasteiger partial charge on any atom is 0.338 e. The monoisotopic (exact) mass is 194 g/mol. The molecule has 0 aliphatic rings. The summed E-state index contributed by atoms with van der Waals surface area (Å²) >= 11 is 0. The lowest BCUT2D eigenvalue weighted by atomic mass is 10.4. The number of aliphatic hydroxyl groups is 2. The Morgan fingerprint density at radius 3 is 2.00 bits per heavy atom. The summed E-state index contributed by atoms with van der Waals surface area (Å²) in [5, 5.41) is 17.2. The molecule has 5 heteroatoms. The second-order valence-corrected chi connectivity index (χ2v) is 6.13. The highest BCUT2D eigenvalue weighted by Crippen LogP contribution is 2.16. The zero-order valence-electron chi connectivity index (χ0n) is 7.75. The van der Waals surface area contributed by atoms with Crippen LogP contribution in [0, 0.1) is 0 Å². The molecule has 0 aromatic carbocycles. The number of hydrogen-bond acceptors (Lipinski definition) is 4. The van der Waals surface area contributed by atoms with Crippen molar-refractivity contribution in [3.63, 3.8) is 0 Å². The minimum absolute atomic E-state index is 0.327. The number of rotatable bonds is 7. The first-order chi connectivity index (χ1) is 5.68. The highest BCUT2D eigenvalue weighted by atomic mass is 28.4. The summed E-state index contributed by atoms with van der Waals surface area (Å²) in [6.07, 6.45) is 2.06. The standard InChI is InChI=1S/C7H18O4Si/c1-3-4-5-12(2,10-6-8)11-7-9/h8-9H,3-7H2,1-2H3. The van der Waals surface area contributed by atoms with Crippen LogP contribution in [0.5, 0.6) is 0 Å². The van der Waals surface area contributed by atoms with Crippen LogP contribution in [0.4, 0.5) is 0 Å². The third-order valence-electron chi connectivity index (χ3n) is 1.72. The molecule has 0 bridgehead atoms. The van der Waals surface area contributed by atoms with Gasteiger partial charge in [-0.05, 0) is 12.6 Å². The number of aliphatic hydroxyl groups excluding tert-OH is 2. The van der Waals surface area contributed by atoms with Crippen molar-refractivity contribution in [3.05, 3.63) is 0 Å². The molecule has 12 heavy (non-hydrogen) atoms. The molecule has 0 aromatic heterocycles. The second kappa shape index (κ2) is 6.56. The highest BCUT2D eigenvalue weighted by Gasteiger charge is 2.30. The smallest absolute Gasteiger partial charge is 0.338 e. The van der Waals surface area contributed by atoms with Gasteiger partial charge in [0.25, 0.3) is 0 Å². The Kier molecular flexibility index (Phi) is 6.59. The van der Waals surface area contributed by atoms with Crippen molar-refractivity contribution < 1.29 is 19.1 Å². The average Bonchev–Trinajstić information content (AvgIpc) is 2.02. The van der Waals surface area contributed by atoms with E-state index in [0.717, 1.165) is 18.9 Å². The Morgan fingerprint density at radius 1 is 1.17 bits per heavy atom. The van der Waals surface area contributed by atoms with E-state index >= 15 is 0 Å². The molecule has 0 rings (SSSR count). The zero-order valence-corrected chi connectivity index (χ0v) is 8.75. The zero-order chi connectivity index (χ0) is 9.45. The van der Waals surface area contributed by atoms with Crippen LogP contribution in [0.25, 0.3) is 0 Å². The summed E-state index contributed by atoms with van der Waals surface area (Å²) in [5.74, 6) is 0. The first-order valence-electron chi connectivity index (χ1n) is 4.18. The summed E-state index contributed by atoms with van der Waals surface area (Å²) in [4.78, 5) is 0. The fraction of sp³-hybridized carbons (Fsp3) is 1.00. The van der Waals surface area contributed by atoms with Crippen LogP contribution in [0.3, 0.4) is 0 Å². The van der Waals surface area contributed by atoms with Gasteiger partial charge in [-0.3, -0.25) is 0 Å². The molecule has 0 unspecified atom stereocenters. The molecule has 0 radical (unpaired) electrons. The highest BCUT2D eigenvalue weighted by molar-refractivity contribution is 6.65. The van der Waals surface area contributed by atoms with E-state index in [-0.39, 0.29) is 13.6 Å². The van der Waals surface area contributed by atoms with Crippen molar-refractivity contribution in [2.75, 3.05) is 13.6 Å². The molecule has 0 spiro atoms. The van der Waals surface area contributed by atoms with Crippen molar-refractivity contribution >= 4 is 8.56 Å². The fourth-order valence-corrected chi connectivity index (χ4v) is 2.87. The normalized spacial score (nSPS) is 12.0. The van der Waals surface area contributed by atoms with Gasteiger partial charge in [0.1, 0.15) is 13.6 Å². The van der Waals surface area contributed by atoms with Gasteiger partial charge < -0.3 is 19.1 Å². The Bertz CT molecular complexity index is 104. The topological polar surface area (TPSA) is 58.9 Å². The van der Waals surface area contributed by atoms with Crippen molar-refractivity contribution in [2.24, 2.45) is 0 Å². The molecule has 0 aromatic rings. The molecule has 4 nitrogen and oxygen atoms in total. The van der Waals surface area contributed by atoms with Gasteiger partial charge in [0.05, 0.1) is 0 Å². The van der Waals surface area contributed by atoms with Gasteiger partial charge in [-0.2, -0.15) is 0 Å². The number of hydrogen-bond donors (Lipinski definition) is 2. The first kappa shape index (κ1) is 12.1. The summed E-state index contributed by atoms with van der Waals surface area (Å²) < 4.78 is 10.2. The van der Waals surface area contributed by atoms with Crippen molar-refractivity contribution in [3.8, 4) is 0 Å². The van der Waals surface area contributed by atoms with Crippen LogP contribution in [0.2, 0.25) is 12.6 Å². The molecule has 0 atom stereocenters. The van der Waals surface area contributed by atoms with Crippen LogP contribution in [-0.4, -0.2) is 32.4 Å². The van der Waals surface area contributed by atoms with Crippen LogP contribution in [0.1, 0.15) is 19.8 Å². The van der Waals surface area contributed by atoms with E-state index in [4.69, 9.17) is 19.1 Å². The van der Waals surface area contributed by atoms with Gasteiger partial charge >= 0.3 is 8.56 Å². The van der Waals surface area contributed by atoms with E-state index in [9.17, 15) is 0 Å². The van der Waals surface area contributed by atoms with Gasteiger partial charge in [0, 0.05) is 0 Å². The summed E-state index contributed by atoms with van der Waals surface area (Å²) in [6.45, 7) is 3.26. The predicted molar refractivity (Wildman–Crippen MR) is 47.7 cm³/mol. The minimum atomic E-state index is -2.27. The second-order valence-electron chi connectivity index (χ2n) is 2.78. The summed E-state index contributed by atoms with van der Waals surface area (Å²) in [5.41, 5.74) is 0. The van der Waals surface area contributed by atoms with Crippen LogP contribution in [0.15, 0.2) is 0 Å². The van der Waals surface area contributed by atoms with Gasteiger partial charge in [0.15, 0.2) is 0 Å². The number of unbranched alkanes of at least 4 members (excludes halogenated alkanes) is 1. The Morgan fingerprint density at radius 2 is 1.67 bits per heavy atom. The molecule has 0 heterocycles. The van der Waals surface area contributed by atoms with Gasteiger partial charge in [0.2, 0.25) is 0 Å². The van der Waals surface area contributed by atoms with Crippen LogP contribution >= 0.6 is 0 Å². The van der Waals surface area contributed by atoms with Crippen LogP contribution < -0.4 is 0 Å². The quantitative estimate of drug-likeness (QED) is 0.465. The Balaban J connectivity index is 3.80. The Hall–Kier alpha value is 0.0569. The van der Waals surface area contributed by atoms with Crippen molar-refractivity contribution in [1.82, 2.24) is 0 Å². The summed E-state index contributed by atoms with van der Waals surface area (Å²) in [7, 11) is -2.27. The summed E-state index contributed by atoms with van der Waals surface area (Å²) in [6, 6.07) is 0.810. The molecular weight excluding hydrogens is 176 g/mol. The third-order valence-corrected chi connectivity index (χ3v) is 4.47. The molecule has 0 saturated heterocycles. The lowest BCUT2D eigenvalue weighted by Gasteiger charge is -2.24. The molecule has 0 amide bonds. The van der Waals surface area contributed by atoms with Gasteiger partial charge in [-0.1, -0.05) is 19.8 Å². The molecule has 74 valence electrons. The van der Waals surface area contributed by atoms with E-state index in [1.54, 1.807) is 0 Å². The van der Waals surface area contributed by atoms with E-state index in [1.165, 1.54) is 0 Å². The molecule has 0 aliphatic carbocycles. The van der Waals surface area contributed by atoms with E-state index in [2.05, 4.69) is 6.92 Å². The predicted octanol–water partition coefficient (Wildman–Crippen LogP) is 0.791. The molecule has 0 fully saturated rings. The van der Waals surface area contributed by atoms with Crippen molar-refractivity contribution in [1.29, 1.82) is 0 Å². The largest absolute Gasteiger partial charge is 0.372 e. The van der Waals surface area contributed by atoms with Gasteiger partial charge in [-0.25, -0.2) is 0 Å². The van der Waals surface area contributed by atoms with Gasteiger partial charge in [-0.15, -0.1) is 0 Å². The minimum Gasteiger partial charge on any atom is -0.372 e. The first-order valence-corrected chi connectivity index (χ1v) is 6.70. The maximum absolute atomic E-state index is 8.58. The third kappa shape index (κ3) is 4.84. The van der Waals surface area contributed by atoms with E-state index in [0.29, 0.717) is 0 Å². The maximum atomic E-state index is 8.58. The molecule has 2 N–H and O–H groups in total. The SMILES string of the molecule is CCCC[Si](C)(OCO)OCO.